The first-order valence-corrected chi connectivity index (χ1v) is 6.14. The minimum absolute atomic E-state index is 0.0359. The third-order valence-corrected chi connectivity index (χ3v) is 3.57. The highest BCUT2D eigenvalue weighted by Gasteiger charge is 2.32. The number of benzene rings is 1. The van der Waals surface area contributed by atoms with Crippen LogP contribution in [0.3, 0.4) is 0 Å². The second-order valence-corrected chi connectivity index (χ2v) is 4.85. The molecule has 3 nitrogen and oxygen atoms in total. The van der Waals surface area contributed by atoms with Gasteiger partial charge in [-0.05, 0) is 31.0 Å². The summed E-state index contributed by atoms with van der Waals surface area (Å²) in [5.74, 6) is 0.523. The quantitative estimate of drug-likeness (QED) is 0.843. The zero-order valence-electron chi connectivity index (χ0n) is 9.78. The molecule has 1 fully saturated rings. The smallest absolute Gasteiger partial charge is 0.171 e. The van der Waals surface area contributed by atoms with Crippen molar-refractivity contribution >= 4 is 17.4 Å². The van der Waals surface area contributed by atoms with Crippen molar-refractivity contribution in [3.05, 3.63) is 28.8 Å². The van der Waals surface area contributed by atoms with E-state index in [0.717, 1.165) is 19.3 Å². The number of ether oxygens (including phenoxy) is 1. The Morgan fingerprint density at radius 2 is 2.24 bits per heavy atom. The molecule has 1 aliphatic carbocycles. The zero-order chi connectivity index (χ0) is 12.4. The summed E-state index contributed by atoms with van der Waals surface area (Å²) in [5.41, 5.74) is 6.50. The predicted molar refractivity (Wildman–Crippen MR) is 67.7 cm³/mol. The lowest BCUT2D eigenvalue weighted by Gasteiger charge is -2.16. The second kappa shape index (κ2) is 5.07. The third kappa shape index (κ3) is 2.45. The molecule has 0 spiro atoms. The summed E-state index contributed by atoms with van der Waals surface area (Å²) in [7, 11) is 1.55. The Balaban J connectivity index is 2.32. The maximum atomic E-state index is 12.4. The molecule has 17 heavy (non-hydrogen) atoms. The first kappa shape index (κ1) is 12.4. The van der Waals surface area contributed by atoms with Crippen LogP contribution in [-0.2, 0) is 0 Å². The maximum Gasteiger partial charge on any atom is 0.171 e. The predicted octanol–water partition coefficient (Wildman–Crippen LogP) is 2.66. The molecule has 0 aliphatic heterocycles. The van der Waals surface area contributed by atoms with Crippen molar-refractivity contribution in [3.8, 4) is 5.75 Å². The molecular formula is C13H16ClNO2. The van der Waals surface area contributed by atoms with Crippen molar-refractivity contribution in [2.45, 2.75) is 25.3 Å². The van der Waals surface area contributed by atoms with Crippen molar-refractivity contribution in [1.82, 2.24) is 0 Å². The summed E-state index contributed by atoms with van der Waals surface area (Å²) < 4.78 is 5.20. The summed E-state index contributed by atoms with van der Waals surface area (Å²) in [6, 6.07) is 5.06. The zero-order valence-corrected chi connectivity index (χ0v) is 10.5. The molecule has 2 N–H and O–H groups in total. The van der Waals surface area contributed by atoms with Gasteiger partial charge >= 0.3 is 0 Å². The molecule has 2 rings (SSSR count). The van der Waals surface area contributed by atoms with Crippen molar-refractivity contribution in [2.75, 3.05) is 7.11 Å². The standard InChI is InChI=1S/C13H16ClNO2/c1-17-12-6-5-8(14)7-10(12)13(16)9-3-2-4-11(9)15/h5-7,9,11H,2-4,15H2,1H3. The molecule has 1 saturated carbocycles. The van der Waals surface area contributed by atoms with Crippen LogP contribution < -0.4 is 10.5 Å². The lowest BCUT2D eigenvalue weighted by molar-refractivity contribution is 0.0910. The van der Waals surface area contributed by atoms with E-state index in [0.29, 0.717) is 16.3 Å². The van der Waals surface area contributed by atoms with Crippen molar-refractivity contribution in [2.24, 2.45) is 11.7 Å². The van der Waals surface area contributed by atoms with E-state index in [-0.39, 0.29) is 17.7 Å². The third-order valence-electron chi connectivity index (χ3n) is 3.33. The maximum absolute atomic E-state index is 12.4. The van der Waals surface area contributed by atoms with E-state index in [1.165, 1.54) is 0 Å². The Morgan fingerprint density at radius 3 is 2.82 bits per heavy atom. The minimum Gasteiger partial charge on any atom is -0.496 e. The lowest BCUT2D eigenvalue weighted by atomic mass is 9.93. The Hall–Kier alpha value is -1.06. The van der Waals surface area contributed by atoms with E-state index in [9.17, 15) is 4.79 Å². The Bertz CT molecular complexity index is 433. The van der Waals surface area contributed by atoms with Crippen LogP contribution in [-0.4, -0.2) is 18.9 Å². The number of carbonyl (C=O) groups is 1. The topological polar surface area (TPSA) is 52.3 Å². The van der Waals surface area contributed by atoms with Gasteiger partial charge in [-0.15, -0.1) is 0 Å². The van der Waals surface area contributed by atoms with Gasteiger partial charge in [0.25, 0.3) is 0 Å². The van der Waals surface area contributed by atoms with Gasteiger partial charge in [-0.3, -0.25) is 4.79 Å². The molecule has 4 heteroatoms. The van der Waals surface area contributed by atoms with Crippen LogP contribution >= 0.6 is 11.6 Å². The molecule has 1 aromatic carbocycles. The number of hydrogen-bond acceptors (Lipinski definition) is 3. The molecule has 0 bridgehead atoms. The van der Waals surface area contributed by atoms with Crippen LogP contribution in [0.4, 0.5) is 0 Å². The molecule has 0 saturated heterocycles. The number of ketones is 1. The summed E-state index contributed by atoms with van der Waals surface area (Å²) in [4.78, 5) is 12.4. The highest BCUT2D eigenvalue weighted by molar-refractivity contribution is 6.31. The summed E-state index contributed by atoms with van der Waals surface area (Å²) in [6.07, 6.45) is 2.79. The van der Waals surface area contributed by atoms with Gasteiger partial charge < -0.3 is 10.5 Å². The Labute approximate surface area is 106 Å². The first-order valence-electron chi connectivity index (χ1n) is 5.77. The first-order chi connectivity index (χ1) is 8.13. The number of rotatable bonds is 3. The van der Waals surface area contributed by atoms with E-state index in [1.54, 1.807) is 25.3 Å². The molecule has 0 amide bonds. The largest absolute Gasteiger partial charge is 0.496 e. The van der Waals surface area contributed by atoms with Gasteiger partial charge in [-0.25, -0.2) is 0 Å². The van der Waals surface area contributed by atoms with E-state index >= 15 is 0 Å². The fourth-order valence-electron chi connectivity index (χ4n) is 2.39. The molecule has 1 aromatic rings. The van der Waals surface area contributed by atoms with Gasteiger partial charge in [0.2, 0.25) is 0 Å². The SMILES string of the molecule is COc1ccc(Cl)cc1C(=O)C1CCCC1N. The van der Waals surface area contributed by atoms with Crippen LogP contribution in [0.25, 0.3) is 0 Å². The van der Waals surface area contributed by atoms with Crippen molar-refractivity contribution < 1.29 is 9.53 Å². The number of carbonyl (C=O) groups excluding carboxylic acids is 1. The number of methoxy groups -OCH3 is 1. The van der Waals surface area contributed by atoms with Crippen molar-refractivity contribution in [1.29, 1.82) is 0 Å². The monoisotopic (exact) mass is 253 g/mol. The van der Waals surface area contributed by atoms with Crippen LogP contribution in [0.15, 0.2) is 18.2 Å². The molecular weight excluding hydrogens is 238 g/mol. The van der Waals surface area contributed by atoms with Crippen molar-refractivity contribution in [3.63, 3.8) is 0 Å². The molecule has 2 unspecified atom stereocenters. The Morgan fingerprint density at radius 1 is 1.47 bits per heavy atom. The molecule has 0 radical (unpaired) electrons. The summed E-state index contributed by atoms with van der Waals surface area (Å²) in [5, 5.41) is 0.542. The molecule has 2 atom stereocenters. The van der Waals surface area contributed by atoms with Gasteiger partial charge in [0.1, 0.15) is 5.75 Å². The molecule has 92 valence electrons. The average molecular weight is 254 g/mol. The highest BCUT2D eigenvalue weighted by atomic mass is 35.5. The van der Waals surface area contributed by atoms with Gasteiger partial charge in [-0.2, -0.15) is 0 Å². The van der Waals surface area contributed by atoms with Crippen LogP contribution in [0.1, 0.15) is 29.6 Å². The number of Topliss-reactive ketones (excluding diaryl/α,β-unsaturated/α-hetero) is 1. The lowest BCUT2D eigenvalue weighted by Crippen LogP contribution is -2.30. The highest BCUT2D eigenvalue weighted by Crippen LogP contribution is 2.31. The van der Waals surface area contributed by atoms with Gasteiger partial charge in [0.05, 0.1) is 12.7 Å². The molecule has 1 aliphatic rings. The number of hydrogen-bond donors (Lipinski definition) is 1. The minimum atomic E-state index is -0.0950. The van der Waals surface area contributed by atoms with Crippen LogP contribution in [0, 0.1) is 5.92 Å². The van der Waals surface area contributed by atoms with Gasteiger partial charge in [-0.1, -0.05) is 18.0 Å². The van der Waals surface area contributed by atoms with E-state index in [2.05, 4.69) is 0 Å². The van der Waals surface area contributed by atoms with Gasteiger partial charge in [0, 0.05) is 17.0 Å². The molecule has 0 heterocycles. The fourth-order valence-corrected chi connectivity index (χ4v) is 2.56. The van der Waals surface area contributed by atoms with E-state index in [1.807, 2.05) is 0 Å². The van der Waals surface area contributed by atoms with Gasteiger partial charge in [0.15, 0.2) is 5.78 Å². The van der Waals surface area contributed by atoms with E-state index < -0.39 is 0 Å². The normalized spacial score (nSPS) is 23.7. The number of halogens is 1. The average Bonchev–Trinajstić information content (AvgIpc) is 2.74. The summed E-state index contributed by atoms with van der Waals surface area (Å²) in [6.45, 7) is 0. The number of nitrogens with two attached hydrogens (primary N) is 1. The van der Waals surface area contributed by atoms with Crippen LogP contribution in [0.5, 0.6) is 5.75 Å². The Kier molecular flexibility index (Phi) is 3.69. The second-order valence-electron chi connectivity index (χ2n) is 4.41. The molecule has 0 aromatic heterocycles. The fraction of sp³-hybridized carbons (Fsp3) is 0.462. The van der Waals surface area contributed by atoms with Crippen LogP contribution in [0.2, 0.25) is 5.02 Å². The van der Waals surface area contributed by atoms with E-state index in [4.69, 9.17) is 22.1 Å². The summed E-state index contributed by atoms with van der Waals surface area (Å²) >= 11 is 5.92.